The van der Waals surface area contributed by atoms with E-state index in [1.54, 1.807) is 24.3 Å². The van der Waals surface area contributed by atoms with Gasteiger partial charge in [-0.1, -0.05) is 56.2 Å². The molecule has 2 N–H and O–H groups in total. The Kier molecular flexibility index (Phi) is 13.9. The first-order chi connectivity index (χ1) is 24.1. The number of hydrogen-bond acceptors (Lipinski definition) is 7. The Morgan fingerprint density at radius 3 is 2.70 bits per heavy atom. The smallest absolute Gasteiger partial charge is 0.264 e. The third-order valence-electron chi connectivity index (χ3n) is 10.7. The van der Waals surface area contributed by atoms with Gasteiger partial charge in [0.25, 0.3) is 5.91 Å². The molecule has 1 amide bonds. The molecule has 1 saturated heterocycles. The summed E-state index contributed by atoms with van der Waals surface area (Å²) in [5.41, 5.74) is 3.24. The number of nitrogens with zero attached hydrogens (tertiary/aromatic N) is 1. The van der Waals surface area contributed by atoms with Crippen LogP contribution in [0.4, 0.5) is 5.69 Å². The van der Waals surface area contributed by atoms with Crippen LogP contribution in [0.25, 0.3) is 0 Å². The Morgan fingerprint density at radius 2 is 1.98 bits per heavy atom. The molecule has 50 heavy (non-hydrogen) atoms. The van der Waals surface area contributed by atoms with Crippen molar-refractivity contribution >= 4 is 33.2 Å². The van der Waals surface area contributed by atoms with Gasteiger partial charge in [-0.25, -0.2) is 13.1 Å². The van der Waals surface area contributed by atoms with Gasteiger partial charge in [-0.2, -0.15) is 0 Å². The summed E-state index contributed by atoms with van der Waals surface area (Å²) in [6, 6.07) is 11.1. The average molecular weight is 727 g/mol. The fourth-order valence-corrected chi connectivity index (χ4v) is 9.52. The quantitative estimate of drug-likeness (QED) is 0.190. The minimum atomic E-state index is -4.04. The number of carbonyl (C=O) groups is 1. The number of fused-ring (bicyclic) bond motifs is 2. The van der Waals surface area contributed by atoms with Gasteiger partial charge in [-0.05, 0) is 123 Å². The molecule has 0 aromatic heterocycles. The number of unbranched alkanes of at least 4 members (excludes halogenated alkanes) is 1. The van der Waals surface area contributed by atoms with Crippen molar-refractivity contribution < 1.29 is 27.8 Å². The minimum absolute atomic E-state index is 0.143. The summed E-state index contributed by atoms with van der Waals surface area (Å²) in [5, 5.41) is 10.9. The second-order valence-electron chi connectivity index (χ2n) is 14.4. The van der Waals surface area contributed by atoms with Crippen molar-refractivity contribution in [2.24, 2.45) is 17.8 Å². The number of halogens is 1. The number of amides is 1. The van der Waals surface area contributed by atoms with Crippen LogP contribution in [-0.2, 0) is 27.8 Å². The first kappa shape index (κ1) is 38.4. The van der Waals surface area contributed by atoms with Gasteiger partial charge >= 0.3 is 0 Å². The van der Waals surface area contributed by atoms with E-state index >= 15 is 0 Å². The van der Waals surface area contributed by atoms with Crippen molar-refractivity contribution in [1.29, 1.82) is 0 Å². The van der Waals surface area contributed by atoms with Crippen molar-refractivity contribution in [1.82, 2.24) is 4.72 Å². The first-order valence-electron chi connectivity index (χ1n) is 18.5. The molecular weight excluding hydrogens is 672 g/mol. The number of benzene rings is 2. The van der Waals surface area contributed by atoms with E-state index in [0.29, 0.717) is 43.4 Å². The molecule has 10 heteroatoms. The summed E-state index contributed by atoms with van der Waals surface area (Å²) < 4.78 is 42.3. The Labute approximate surface area is 304 Å². The van der Waals surface area contributed by atoms with E-state index in [1.807, 2.05) is 31.2 Å². The highest BCUT2D eigenvalue weighted by Gasteiger charge is 2.38. The number of carbonyl (C=O) groups excluding carboxylic acids is 1. The topological polar surface area (TPSA) is 105 Å². The minimum Gasteiger partial charge on any atom is -0.487 e. The summed E-state index contributed by atoms with van der Waals surface area (Å²) in [5.74, 6) is 0.157. The molecule has 2 aromatic rings. The number of allylic oxidation sites excluding steroid dienone is 2. The standard InChI is InChI=1S/C40H55ClN2O6S/c1-4-6-7-14-37(44)35-19-16-31(35)26-43-21-9-8-12-29-23-33(41)18-15-32(29)27-49-38-20-17-30(24-36(38)43)40(45)42-50(46,47)39(28(3)11-5-2)25-34-13-10-22-48-34/h5,7,14-15,17-18,20,23-24,28,31,34-35,37,39,44H,2,4,6,8-13,16,19,21-22,25-27H2,1,3H3,(H,42,45)/b14-7+/t28-,31+,34+,35-,37+,39+/m1/s1. The maximum Gasteiger partial charge on any atom is 0.264 e. The summed E-state index contributed by atoms with van der Waals surface area (Å²) >= 11 is 6.36. The van der Waals surface area contributed by atoms with Crippen LogP contribution in [0.3, 0.4) is 0 Å². The van der Waals surface area contributed by atoms with Gasteiger partial charge in [-0.3, -0.25) is 4.79 Å². The Balaban J connectivity index is 1.42. The molecule has 2 aromatic carbocycles. The maximum atomic E-state index is 13.8. The van der Waals surface area contributed by atoms with Gasteiger partial charge in [0.05, 0.1) is 23.1 Å². The molecule has 0 bridgehead atoms. The summed E-state index contributed by atoms with van der Waals surface area (Å²) in [6.07, 6.45) is 14.3. The van der Waals surface area contributed by atoms with Crippen LogP contribution in [0.5, 0.6) is 5.75 Å². The molecular formula is C40H55ClN2O6S. The molecule has 1 saturated carbocycles. The van der Waals surface area contributed by atoms with Gasteiger partial charge < -0.3 is 19.5 Å². The van der Waals surface area contributed by atoms with Crippen molar-refractivity contribution in [3.05, 3.63) is 82.9 Å². The zero-order chi connectivity index (χ0) is 35.7. The number of aliphatic hydroxyl groups is 1. The number of anilines is 1. The third kappa shape index (κ3) is 9.93. The average Bonchev–Trinajstić information content (AvgIpc) is 3.58. The summed E-state index contributed by atoms with van der Waals surface area (Å²) in [6.45, 7) is 10.2. The predicted molar refractivity (Wildman–Crippen MR) is 201 cm³/mol. The number of ether oxygens (including phenoxy) is 2. The number of nitrogens with one attached hydrogen (secondary N) is 1. The molecule has 1 aliphatic carbocycles. The van der Waals surface area contributed by atoms with Crippen molar-refractivity contribution in [2.45, 2.75) is 109 Å². The van der Waals surface area contributed by atoms with Crippen LogP contribution in [0.15, 0.2) is 61.2 Å². The van der Waals surface area contributed by atoms with Crippen LogP contribution in [0.2, 0.25) is 5.02 Å². The van der Waals surface area contributed by atoms with Crippen LogP contribution in [0.1, 0.15) is 99.5 Å². The molecule has 0 spiro atoms. The fourth-order valence-electron chi connectivity index (χ4n) is 7.61. The summed E-state index contributed by atoms with van der Waals surface area (Å²) in [4.78, 5) is 16.1. The van der Waals surface area contributed by atoms with Gasteiger partial charge in [-0.15, -0.1) is 6.58 Å². The SMILES string of the molecule is C=CC[C@@H](C)[C@H](C[C@@H]1CCCO1)S(=O)(=O)NC(=O)c1ccc2c(c1)N(C[C@@H]1CC[C@H]1[C@@H](O)/C=C/CCC)CCCCc1cc(Cl)ccc1CO2. The fraction of sp³-hybridized carbons (Fsp3) is 0.575. The van der Waals surface area contributed by atoms with E-state index in [2.05, 4.69) is 29.2 Å². The zero-order valence-electron chi connectivity index (χ0n) is 29.7. The van der Waals surface area contributed by atoms with Crippen molar-refractivity contribution in [2.75, 3.05) is 24.6 Å². The number of rotatable bonds is 14. The molecule has 8 nitrogen and oxygen atoms in total. The Bertz CT molecular complexity index is 1590. The lowest BCUT2D eigenvalue weighted by molar-refractivity contribution is 0.0461. The van der Waals surface area contributed by atoms with E-state index in [-0.39, 0.29) is 29.4 Å². The van der Waals surface area contributed by atoms with Gasteiger partial charge in [0, 0.05) is 30.3 Å². The number of hydrogen-bond donors (Lipinski definition) is 2. The van der Waals surface area contributed by atoms with Crippen LogP contribution < -0.4 is 14.4 Å². The number of sulfonamides is 1. The summed E-state index contributed by atoms with van der Waals surface area (Å²) in [7, 11) is -4.04. The van der Waals surface area contributed by atoms with E-state index in [0.717, 1.165) is 81.1 Å². The van der Waals surface area contributed by atoms with E-state index < -0.39 is 27.3 Å². The Hall–Kier alpha value is -2.85. The van der Waals surface area contributed by atoms with Gasteiger partial charge in [0.15, 0.2) is 0 Å². The number of aliphatic hydroxyl groups excluding tert-OH is 1. The zero-order valence-corrected chi connectivity index (χ0v) is 31.3. The molecule has 2 aliphatic heterocycles. The van der Waals surface area contributed by atoms with E-state index in [1.165, 1.54) is 0 Å². The van der Waals surface area contributed by atoms with Gasteiger partial charge in [0.2, 0.25) is 10.0 Å². The maximum absolute atomic E-state index is 13.8. The molecule has 0 unspecified atom stereocenters. The molecule has 6 atom stereocenters. The second kappa shape index (κ2) is 18.1. The Morgan fingerprint density at radius 1 is 1.14 bits per heavy atom. The van der Waals surface area contributed by atoms with Crippen molar-refractivity contribution in [3.8, 4) is 5.75 Å². The van der Waals surface area contributed by atoms with E-state index in [9.17, 15) is 18.3 Å². The van der Waals surface area contributed by atoms with E-state index in [4.69, 9.17) is 21.1 Å². The lowest BCUT2D eigenvalue weighted by atomic mass is 9.70. The normalized spacial score (nSPS) is 23.0. The first-order valence-corrected chi connectivity index (χ1v) is 20.4. The molecule has 274 valence electrons. The van der Waals surface area contributed by atoms with Crippen molar-refractivity contribution in [3.63, 3.8) is 0 Å². The second-order valence-corrected chi connectivity index (χ2v) is 16.7. The van der Waals surface area contributed by atoms with Crippen LogP contribution in [0, 0.1) is 17.8 Å². The molecule has 2 heterocycles. The van der Waals surface area contributed by atoms with Crippen LogP contribution >= 0.6 is 11.6 Å². The lowest BCUT2D eigenvalue weighted by Gasteiger charge is -2.42. The monoisotopic (exact) mass is 726 g/mol. The highest BCUT2D eigenvalue weighted by atomic mass is 35.5. The largest absolute Gasteiger partial charge is 0.487 e. The number of aryl methyl sites for hydroxylation is 1. The third-order valence-corrected chi connectivity index (χ3v) is 12.9. The molecule has 2 fully saturated rings. The highest BCUT2D eigenvalue weighted by Crippen LogP contribution is 2.41. The molecule has 3 aliphatic rings. The molecule has 0 radical (unpaired) electrons. The highest BCUT2D eigenvalue weighted by molar-refractivity contribution is 7.90. The predicted octanol–water partition coefficient (Wildman–Crippen LogP) is 8.01. The lowest BCUT2D eigenvalue weighted by Crippen LogP contribution is -2.43. The van der Waals surface area contributed by atoms with Gasteiger partial charge in [0.1, 0.15) is 12.4 Å². The van der Waals surface area contributed by atoms with Crippen LogP contribution in [-0.4, -0.2) is 56.6 Å². The molecule has 5 rings (SSSR count).